The maximum Gasteiger partial charge on any atom is 0.230 e. The first-order valence-electron chi connectivity index (χ1n) is 7.48. The summed E-state index contributed by atoms with van der Waals surface area (Å²) in [5, 5.41) is 12.0. The molecule has 1 N–H and O–H groups in total. The van der Waals surface area contributed by atoms with E-state index in [1.165, 1.54) is 11.8 Å². The van der Waals surface area contributed by atoms with Gasteiger partial charge in [0.25, 0.3) is 0 Å². The molecular formula is C15H22N4O2S. The number of hydrogen-bond donors (Lipinski definition) is 1. The van der Waals surface area contributed by atoms with E-state index in [0.717, 1.165) is 24.7 Å². The minimum Gasteiger partial charge on any atom is -0.461 e. The SMILES string of the molecule is CCn1c(SCC(=O)NCCC(C)C)nnc1-c1ccco1. The Labute approximate surface area is 134 Å². The van der Waals surface area contributed by atoms with Gasteiger partial charge in [0, 0.05) is 13.1 Å². The lowest BCUT2D eigenvalue weighted by atomic mass is 10.1. The molecule has 0 saturated carbocycles. The monoisotopic (exact) mass is 322 g/mol. The van der Waals surface area contributed by atoms with Crippen molar-refractivity contribution in [2.75, 3.05) is 12.3 Å². The molecule has 0 atom stereocenters. The molecule has 0 saturated heterocycles. The molecule has 7 heteroatoms. The predicted octanol–water partition coefficient (Wildman–Crippen LogP) is 2.81. The van der Waals surface area contributed by atoms with Gasteiger partial charge in [-0.15, -0.1) is 10.2 Å². The summed E-state index contributed by atoms with van der Waals surface area (Å²) < 4.78 is 7.31. The average Bonchev–Trinajstić information content (AvgIpc) is 3.13. The molecule has 1 amide bonds. The Bertz CT molecular complexity index is 593. The highest BCUT2D eigenvalue weighted by Crippen LogP contribution is 2.23. The van der Waals surface area contributed by atoms with Crippen LogP contribution in [0.2, 0.25) is 0 Å². The van der Waals surface area contributed by atoms with Crippen LogP contribution in [0.1, 0.15) is 27.2 Å². The second-order valence-electron chi connectivity index (χ2n) is 5.35. The molecular weight excluding hydrogens is 300 g/mol. The lowest BCUT2D eigenvalue weighted by Crippen LogP contribution is -2.27. The van der Waals surface area contributed by atoms with Crippen molar-refractivity contribution in [2.24, 2.45) is 5.92 Å². The second kappa shape index (κ2) is 8.03. The predicted molar refractivity (Wildman–Crippen MR) is 86.6 cm³/mol. The number of furan rings is 1. The van der Waals surface area contributed by atoms with E-state index in [9.17, 15) is 4.79 Å². The van der Waals surface area contributed by atoms with Crippen molar-refractivity contribution < 1.29 is 9.21 Å². The van der Waals surface area contributed by atoms with Gasteiger partial charge in [-0.3, -0.25) is 9.36 Å². The molecule has 0 aliphatic heterocycles. The molecule has 0 aliphatic carbocycles. The van der Waals surface area contributed by atoms with Gasteiger partial charge in [0.1, 0.15) is 0 Å². The van der Waals surface area contributed by atoms with Gasteiger partial charge in [-0.05, 0) is 31.4 Å². The highest BCUT2D eigenvalue weighted by Gasteiger charge is 2.16. The van der Waals surface area contributed by atoms with Crippen LogP contribution in [0.5, 0.6) is 0 Å². The third-order valence-corrected chi connectivity index (χ3v) is 4.12. The van der Waals surface area contributed by atoms with Crippen molar-refractivity contribution in [3.8, 4) is 11.6 Å². The maximum absolute atomic E-state index is 11.8. The zero-order chi connectivity index (χ0) is 15.9. The fourth-order valence-electron chi connectivity index (χ4n) is 1.95. The van der Waals surface area contributed by atoms with Gasteiger partial charge in [0.05, 0.1) is 12.0 Å². The molecule has 0 fully saturated rings. The van der Waals surface area contributed by atoms with Crippen molar-refractivity contribution in [2.45, 2.75) is 38.9 Å². The third kappa shape index (κ3) is 4.37. The minimum absolute atomic E-state index is 0.0239. The number of nitrogens with one attached hydrogen (secondary N) is 1. The van der Waals surface area contributed by atoms with Gasteiger partial charge in [-0.25, -0.2) is 0 Å². The standard InChI is InChI=1S/C15H22N4O2S/c1-4-19-14(12-6-5-9-21-12)17-18-15(19)22-10-13(20)16-8-7-11(2)3/h5-6,9,11H,4,7-8,10H2,1-3H3,(H,16,20). The summed E-state index contributed by atoms with van der Waals surface area (Å²) in [6.45, 7) is 7.74. The minimum atomic E-state index is 0.0239. The van der Waals surface area contributed by atoms with Crippen LogP contribution in [-0.2, 0) is 11.3 Å². The van der Waals surface area contributed by atoms with E-state index in [-0.39, 0.29) is 5.91 Å². The fourth-order valence-corrected chi connectivity index (χ4v) is 2.78. The number of aromatic nitrogens is 3. The van der Waals surface area contributed by atoms with E-state index in [0.29, 0.717) is 23.3 Å². The summed E-state index contributed by atoms with van der Waals surface area (Å²) in [7, 11) is 0. The summed E-state index contributed by atoms with van der Waals surface area (Å²) in [4.78, 5) is 11.8. The van der Waals surface area contributed by atoms with Gasteiger partial charge in [0.15, 0.2) is 16.7 Å². The van der Waals surface area contributed by atoms with Crippen molar-refractivity contribution in [3.63, 3.8) is 0 Å². The lowest BCUT2D eigenvalue weighted by Gasteiger charge is -2.08. The van der Waals surface area contributed by atoms with E-state index in [2.05, 4.69) is 29.4 Å². The number of hydrogen-bond acceptors (Lipinski definition) is 5. The molecule has 2 rings (SSSR count). The van der Waals surface area contributed by atoms with Crippen molar-refractivity contribution in [3.05, 3.63) is 18.4 Å². The molecule has 6 nitrogen and oxygen atoms in total. The topological polar surface area (TPSA) is 73.0 Å². The summed E-state index contributed by atoms with van der Waals surface area (Å²) in [6, 6.07) is 3.67. The van der Waals surface area contributed by atoms with Gasteiger partial charge in [-0.1, -0.05) is 25.6 Å². The second-order valence-corrected chi connectivity index (χ2v) is 6.29. The maximum atomic E-state index is 11.8. The Balaban J connectivity index is 1.92. The number of carbonyl (C=O) groups excluding carboxylic acids is 1. The quantitative estimate of drug-likeness (QED) is 0.757. The number of amides is 1. The van der Waals surface area contributed by atoms with Crippen molar-refractivity contribution in [1.29, 1.82) is 0 Å². The fraction of sp³-hybridized carbons (Fsp3) is 0.533. The average molecular weight is 322 g/mol. The normalized spacial score (nSPS) is 11.1. The number of carbonyl (C=O) groups is 1. The first-order chi connectivity index (χ1) is 10.6. The van der Waals surface area contributed by atoms with E-state index in [1.807, 2.05) is 23.6 Å². The molecule has 22 heavy (non-hydrogen) atoms. The molecule has 0 unspecified atom stereocenters. The largest absolute Gasteiger partial charge is 0.461 e. The number of rotatable bonds is 8. The van der Waals surface area contributed by atoms with Crippen molar-refractivity contribution >= 4 is 17.7 Å². The summed E-state index contributed by atoms with van der Waals surface area (Å²) in [6.07, 6.45) is 2.60. The molecule has 2 aromatic rings. The molecule has 2 heterocycles. The Morgan fingerprint density at radius 3 is 2.91 bits per heavy atom. The summed E-state index contributed by atoms with van der Waals surface area (Å²) in [5.74, 6) is 2.33. The van der Waals surface area contributed by atoms with Crippen LogP contribution in [0.4, 0.5) is 0 Å². The van der Waals surface area contributed by atoms with Crippen LogP contribution in [0.3, 0.4) is 0 Å². The first-order valence-corrected chi connectivity index (χ1v) is 8.47. The van der Waals surface area contributed by atoms with Crippen LogP contribution < -0.4 is 5.32 Å². The lowest BCUT2D eigenvalue weighted by molar-refractivity contribution is -0.118. The van der Waals surface area contributed by atoms with Gasteiger partial charge >= 0.3 is 0 Å². The van der Waals surface area contributed by atoms with Crippen molar-refractivity contribution in [1.82, 2.24) is 20.1 Å². The van der Waals surface area contributed by atoms with Gasteiger partial charge < -0.3 is 9.73 Å². The smallest absolute Gasteiger partial charge is 0.230 e. The van der Waals surface area contributed by atoms with Crippen LogP contribution in [0.15, 0.2) is 28.0 Å². The summed E-state index contributed by atoms with van der Waals surface area (Å²) in [5.41, 5.74) is 0. The molecule has 0 bridgehead atoms. The number of nitrogens with zero attached hydrogens (tertiary/aromatic N) is 3. The molecule has 0 spiro atoms. The molecule has 0 aromatic carbocycles. The van der Waals surface area contributed by atoms with E-state index >= 15 is 0 Å². The Kier molecular flexibility index (Phi) is 6.06. The Morgan fingerprint density at radius 1 is 1.45 bits per heavy atom. The highest BCUT2D eigenvalue weighted by molar-refractivity contribution is 7.99. The molecule has 0 aliphatic rings. The Morgan fingerprint density at radius 2 is 2.27 bits per heavy atom. The van der Waals surface area contributed by atoms with E-state index in [4.69, 9.17) is 4.42 Å². The highest BCUT2D eigenvalue weighted by atomic mass is 32.2. The first kappa shape index (κ1) is 16.6. The molecule has 120 valence electrons. The van der Waals surface area contributed by atoms with E-state index in [1.54, 1.807) is 6.26 Å². The summed E-state index contributed by atoms with van der Waals surface area (Å²) >= 11 is 1.39. The van der Waals surface area contributed by atoms with Crippen LogP contribution in [0, 0.1) is 5.92 Å². The number of thioether (sulfide) groups is 1. The zero-order valence-corrected chi connectivity index (χ0v) is 14.0. The Hall–Kier alpha value is -1.76. The van der Waals surface area contributed by atoms with Crippen LogP contribution >= 0.6 is 11.8 Å². The zero-order valence-electron chi connectivity index (χ0n) is 13.2. The van der Waals surface area contributed by atoms with Crippen LogP contribution in [-0.4, -0.2) is 33.0 Å². The van der Waals surface area contributed by atoms with Gasteiger partial charge in [-0.2, -0.15) is 0 Å². The molecule has 2 aromatic heterocycles. The molecule has 0 radical (unpaired) electrons. The van der Waals surface area contributed by atoms with Crippen LogP contribution in [0.25, 0.3) is 11.6 Å². The van der Waals surface area contributed by atoms with Gasteiger partial charge in [0.2, 0.25) is 5.91 Å². The third-order valence-electron chi connectivity index (χ3n) is 3.15. The van der Waals surface area contributed by atoms with E-state index < -0.39 is 0 Å².